The van der Waals surface area contributed by atoms with Gasteiger partial charge in [-0.25, -0.2) is 9.97 Å². The van der Waals surface area contributed by atoms with Crippen LogP contribution in [0.5, 0.6) is 0 Å². The van der Waals surface area contributed by atoms with E-state index in [9.17, 15) is 0 Å². The third-order valence-electron chi connectivity index (χ3n) is 5.75. The molecule has 0 bridgehead atoms. The Morgan fingerprint density at radius 2 is 1.63 bits per heavy atom. The molecule has 154 valence electrons. The SMILES string of the molecule is Cc1c(C)n(Cc2ccccc2)c2ncnc(NCCc3ccc(N(C)C)cc3)c12. The number of hydrogen-bond acceptors (Lipinski definition) is 4. The zero-order chi connectivity index (χ0) is 21.1. The molecule has 0 saturated heterocycles. The van der Waals surface area contributed by atoms with Crippen molar-refractivity contribution in [1.29, 1.82) is 0 Å². The fourth-order valence-corrected chi connectivity index (χ4v) is 3.85. The van der Waals surface area contributed by atoms with E-state index in [1.165, 1.54) is 28.1 Å². The van der Waals surface area contributed by atoms with E-state index in [-0.39, 0.29) is 0 Å². The van der Waals surface area contributed by atoms with Crippen molar-refractivity contribution in [1.82, 2.24) is 14.5 Å². The van der Waals surface area contributed by atoms with Gasteiger partial charge in [0.1, 0.15) is 17.8 Å². The summed E-state index contributed by atoms with van der Waals surface area (Å²) in [5.41, 5.74) is 7.26. The van der Waals surface area contributed by atoms with Gasteiger partial charge >= 0.3 is 0 Å². The van der Waals surface area contributed by atoms with Crippen LogP contribution in [0, 0.1) is 13.8 Å². The van der Waals surface area contributed by atoms with Crippen molar-refractivity contribution in [3.8, 4) is 0 Å². The summed E-state index contributed by atoms with van der Waals surface area (Å²) < 4.78 is 2.28. The zero-order valence-electron chi connectivity index (χ0n) is 18.2. The van der Waals surface area contributed by atoms with Gasteiger partial charge in [0, 0.05) is 38.6 Å². The Morgan fingerprint density at radius 1 is 0.900 bits per heavy atom. The fourth-order valence-electron chi connectivity index (χ4n) is 3.85. The number of anilines is 2. The van der Waals surface area contributed by atoms with E-state index in [1.807, 2.05) is 6.07 Å². The molecule has 5 nitrogen and oxygen atoms in total. The van der Waals surface area contributed by atoms with Crippen molar-refractivity contribution < 1.29 is 0 Å². The van der Waals surface area contributed by atoms with Crippen molar-refractivity contribution in [3.63, 3.8) is 0 Å². The van der Waals surface area contributed by atoms with Gasteiger partial charge in [0.15, 0.2) is 0 Å². The van der Waals surface area contributed by atoms with Crippen LogP contribution in [0.3, 0.4) is 0 Å². The first-order valence-corrected chi connectivity index (χ1v) is 10.4. The zero-order valence-corrected chi connectivity index (χ0v) is 18.2. The summed E-state index contributed by atoms with van der Waals surface area (Å²) in [5.74, 6) is 0.914. The first-order valence-electron chi connectivity index (χ1n) is 10.4. The number of benzene rings is 2. The first kappa shape index (κ1) is 20.0. The van der Waals surface area contributed by atoms with Gasteiger partial charge in [-0.1, -0.05) is 42.5 Å². The van der Waals surface area contributed by atoms with E-state index in [2.05, 4.69) is 101 Å². The van der Waals surface area contributed by atoms with E-state index in [0.29, 0.717) is 0 Å². The minimum absolute atomic E-state index is 0.811. The molecule has 0 atom stereocenters. The number of nitrogens with one attached hydrogen (secondary N) is 1. The van der Waals surface area contributed by atoms with Crippen LogP contribution in [0.25, 0.3) is 11.0 Å². The molecule has 0 saturated carbocycles. The monoisotopic (exact) mass is 399 g/mol. The van der Waals surface area contributed by atoms with Gasteiger partial charge in [-0.2, -0.15) is 0 Å². The maximum Gasteiger partial charge on any atom is 0.146 e. The summed E-state index contributed by atoms with van der Waals surface area (Å²) in [5, 5.41) is 4.66. The van der Waals surface area contributed by atoms with E-state index in [1.54, 1.807) is 6.33 Å². The maximum absolute atomic E-state index is 4.62. The Kier molecular flexibility index (Phi) is 5.70. The molecule has 0 radical (unpaired) electrons. The largest absolute Gasteiger partial charge is 0.378 e. The van der Waals surface area contributed by atoms with Gasteiger partial charge in [0.05, 0.1) is 5.39 Å². The van der Waals surface area contributed by atoms with Crippen molar-refractivity contribution in [2.24, 2.45) is 0 Å². The van der Waals surface area contributed by atoms with Crippen LogP contribution in [0.15, 0.2) is 60.9 Å². The normalized spacial score (nSPS) is 11.1. The molecule has 0 aliphatic rings. The van der Waals surface area contributed by atoms with Crippen LogP contribution in [0.4, 0.5) is 11.5 Å². The second-order valence-corrected chi connectivity index (χ2v) is 7.94. The Morgan fingerprint density at radius 3 is 2.33 bits per heavy atom. The number of rotatable bonds is 7. The molecular weight excluding hydrogens is 370 g/mol. The molecule has 0 spiro atoms. The Balaban J connectivity index is 1.54. The molecule has 0 amide bonds. The molecule has 0 aliphatic heterocycles. The molecule has 1 N–H and O–H groups in total. The summed E-state index contributed by atoms with van der Waals surface area (Å²) in [6.07, 6.45) is 2.61. The van der Waals surface area contributed by atoms with E-state index in [4.69, 9.17) is 0 Å². The molecular formula is C25H29N5. The minimum atomic E-state index is 0.811. The predicted molar refractivity (Wildman–Crippen MR) is 126 cm³/mol. The highest BCUT2D eigenvalue weighted by atomic mass is 15.1. The average Bonchev–Trinajstić information content (AvgIpc) is 3.00. The van der Waals surface area contributed by atoms with Crippen LogP contribution in [-0.2, 0) is 13.0 Å². The quantitative estimate of drug-likeness (QED) is 0.484. The lowest BCUT2D eigenvalue weighted by molar-refractivity contribution is 0.790. The van der Waals surface area contributed by atoms with E-state index in [0.717, 1.165) is 36.4 Å². The highest BCUT2D eigenvalue weighted by Crippen LogP contribution is 2.29. The maximum atomic E-state index is 4.62. The Hall–Kier alpha value is -3.34. The molecule has 2 aromatic heterocycles. The summed E-state index contributed by atoms with van der Waals surface area (Å²) in [6, 6.07) is 19.2. The molecule has 4 aromatic rings. The van der Waals surface area contributed by atoms with Gasteiger partial charge < -0.3 is 14.8 Å². The molecule has 0 unspecified atom stereocenters. The molecule has 4 rings (SSSR count). The summed E-state index contributed by atoms with van der Waals surface area (Å²) in [4.78, 5) is 11.3. The molecule has 0 aliphatic carbocycles. The number of aromatic nitrogens is 3. The molecule has 2 aromatic carbocycles. The summed E-state index contributed by atoms with van der Waals surface area (Å²) in [6.45, 7) is 5.96. The van der Waals surface area contributed by atoms with Crippen molar-refractivity contribution in [2.75, 3.05) is 30.9 Å². The molecule has 0 fully saturated rings. The third kappa shape index (κ3) is 4.01. The molecule has 2 heterocycles. The highest BCUT2D eigenvalue weighted by Gasteiger charge is 2.16. The second kappa shape index (κ2) is 8.57. The number of hydrogen-bond donors (Lipinski definition) is 1. The van der Waals surface area contributed by atoms with Gasteiger partial charge in [-0.15, -0.1) is 0 Å². The predicted octanol–water partition coefficient (Wildman–Crippen LogP) is 4.82. The minimum Gasteiger partial charge on any atom is -0.378 e. The van der Waals surface area contributed by atoms with E-state index >= 15 is 0 Å². The standard InChI is InChI=1S/C25H29N5/c1-18-19(2)30(16-21-8-6-5-7-9-21)25-23(18)24(27-17-28-25)26-15-14-20-10-12-22(13-11-20)29(3)4/h5-13,17H,14-16H2,1-4H3,(H,26,27,28). The lowest BCUT2D eigenvalue weighted by Crippen LogP contribution is -2.09. The first-order chi connectivity index (χ1) is 14.5. The van der Waals surface area contributed by atoms with Crippen LogP contribution >= 0.6 is 0 Å². The van der Waals surface area contributed by atoms with Crippen LogP contribution in [-0.4, -0.2) is 35.2 Å². The summed E-state index contributed by atoms with van der Waals surface area (Å²) in [7, 11) is 4.12. The third-order valence-corrected chi connectivity index (χ3v) is 5.75. The van der Waals surface area contributed by atoms with Gasteiger partial charge in [-0.05, 0) is 49.1 Å². The second-order valence-electron chi connectivity index (χ2n) is 7.94. The van der Waals surface area contributed by atoms with Crippen LogP contribution in [0.1, 0.15) is 22.4 Å². The van der Waals surface area contributed by atoms with Crippen LogP contribution < -0.4 is 10.2 Å². The highest BCUT2D eigenvalue weighted by molar-refractivity contribution is 5.92. The lowest BCUT2D eigenvalue weighted by Gasteiger charge is -2.13. The number of nitrogens with zero attached hydrogens (tertiary/aromatic N) is 4. The van der Waals surface area contributed by atoms with Gasteiger partial charge in [-0.3, -0.25) is 0 Å². The average molecular weight is 400 g/mol. The summed E-state index contributed by atoms with van der Waals surface area (Å²) >= 11 is 0. The molecule has 5 heteroatoms. The molecule has 30 heavy (non-hydrogen) atoms. The van der Waals surface area contributed by atoms with Crippen LogP contribution in [0.2, 0.25) is 0 Å². The number of aryl methyl sites for hydroxylation is 1. The fraction of sp³-hybridized carbons (Fsp3) is 0.280. The smallest absolute Gasteiger partial charge is 0.146 e. The topological polar surface area (TPSA) is 46.0 Å². The Bertz CT molecular complexity index is 1130. The van der Waals surface area contributed by atoms with E-state index < -0.39 is 0 Å². The van der Waals surface area contributed by atoms with Crippen molar-refractivity contribution in [3.05, 3.63) is 83.3 Å². The lowest BCUT2D eigenvalue weighted by atomic mass is 10.1. The Labute approximate surface area is 178 Å². The van der Waals surface area contributed by atoms with Gasteiger partial charge in [0.2, 0.25) is 0 Å². The van der Waals surface area contributed by atoms with Gasteiger partial charge in [0.25, 0.3) is 0 Å². The van der Waals surface area contributed by atoms with Crippen molar-refractivity contribution in [2.45, 2.75) is 26.8 Å². The van der Waals surface area contributed by atoms with Crippen molar-refractivity contribution >= 4 is 22.5 Å². The number of fused-ring (bicyclic) bond motifs is 1.